The maximum absolute atomic E-state index is 13.0. The van der Waals surface area contributed by atoms with E-state index in [1.165, 1.54) is 0 Å². The molecule has 0 spiro atoms. The van der Waals surface area contributed by atoms with Crippen molar-refractivity contribution in [1.82, 2.24) is 10.2 Å². The number of thioether (sulfide) groups is 1. The van der Waals surface area contributed by atoms with Crippen molar-refractivity contribution >= 4 is 46.8 Å². The molecule has 7 heteroatoms. The summed E-state index contributed by atoms with van der Waals surface area (Å²) in [5.41, 5.74) is 0.648. The lowest BCUT2D eigenvalue weighted by Crippen LogP contribution is -2.47. The molecule has 1 N–H and O–H groups in total. The topological polar surface area (TPSA) is 49.4 Å². The van der Waals surface area contributed by atoms with Gasteiger partial charge in [-0.05, 0) is 37.6 Å². The number of halogens is 2. The minimum Gasteiger partial charge on any atom is -0.354 e. The van der Waals surface area contributed by atoms with Crippen LogP contribution < -0.4 is 5.32 Å². The SMILES string of the molecule is CCCNC(=O)[C@H](C)N(Cc1c(Cl)cccc1Cl)C(=O)CCSc1ccccc1. The second-order valence-corrected chi connectivity index (χ2v) is 8.58. The predicted molar refractivity (Wildman–Crippen MR) is 122 cm³/mol. The number of benzene rings is 2. The fraction of sp³-hybridized carbons (Fsp3) is 0.364. The van der Waals surface area contributed by atoms with Gasteiger partial charge >= 0.3 is 0 Å². The van der Waals surface area contributed by atoms with E-state index in [1.807, 2.05) is 37.3 Å². The van der Waals surface area contributed by atoms with Crippen LogP contribution in [0.5, 0.6) is 0 Å². The van der Waals surface area contributed by atoms with E-state index in [4.69, 9.17) is 23.2 Å². The van der Waals surface area contributed by atoms with Crippen molar-refractivity contribution in [3.63, 3.8) is 0 Å². The molecule has 156 valence electrons. The minimum atomic E-state index is -0.622. The highest BCUT2D eigenvalue weighted by molar-refractivity contribution is 7.99. The second kappa shape index (κ2) is 12.1. The normalized spacial score (nSPS) is 11.7. The molecular weight excluding hydrogens is 427 g/mol. The Bertz CT molecular complexity index is 797. The maximum Gasteiger partial charge on any atom is 0.242 e. The summed E-state index contributed by atoms with van der Waals surface area (Å²) < 4.78 is 0. The molecule has 2 aromatic rings. The Balaban J connectivity index is 2.12. The third kappa shape index (κ3) is 7.25. The van der Waals surface area contributed by atoms with E-state index < -0.39 is 6.04 Å². The molecule has 0 aliphatic rings. The van der Waals surface area contributed by atoms with Gasteiger partial charge in [0.1, 0.15) is 6.04 Å². The Morgan fingerprint density at radius 3 is 2.34 bits per heavy atom. The number of carbonyl (C=O) groups is 2. The first kappa shape index (κ1) is 23.6. The number of hydrogen-bond donors (Lipinski definition) is 1. The lowest BCUT2D eigenvalue weighted by molar-refractivity contribution is -0.140. The summed E-state index contributed by atoms with van der Waals surface area (Å²) in [6.07, 6.45) is 1.14. The molecule has 2 rings (SSSR count). The Kier molecular flexibility index (Phi) is 9.85. The molecule has 2 amide bonds. The summed E-state index contributed by atoms with van der Waals surface area (Å²) in [5, 5.41) is 3.82. The van der Waals surface area contributed by atoms with E-state index in [-0.39, 0.29) is 18.4 Å². The van der Waals surface area contributed by atoms with Gasteiger partial charge in [-0.1, -0.05) is 54.4 Å². The standard InChI is InChI=1S/C22H26Cl2N2O2S/c1-3-13-25-22(28)16(2)26(15-18-19(23)10-7-11-20(18)24)21(27)12-14-29-17-8-5-4-6-9-17/h4-11,16H,3,12-15H2,1-2H3,(H,25,28)/t16-/m0/s1. The summed E-state index contributed by atoms with van der Waals surface area (Å²) in [6.45, 7) is 4.48. The van der Waals surface area contributed by atoms with E-state index in [0.717, 1.165) is 11.3 Å². The smallest absolute Gasteiger partial charge is 0.242 e. The monoisotopic (exact) mass is 452 g/mol. The van der Waals surface area contributed by atoms with Gasteiger partial charge in [-0.3, -0.25) is 9.59 Å². The first-order valence-electron chi connectivity index (χ1n) is 9.62. The van der Waals surface area contributed by atoms with Crippen molar-refractivity contribution in [1.29, 1.82) is 0 Å². The third-order valence-electron chi connectivity index (χ3n) is 4.43. The lowest BCUT2D eigenvalue weighted by atomic mass is 10.1. The highest BCUT2D eigenvalue weighted by atomic mass is 35.5. The lowest BCUT2D eigenvalue weighted by Gasteiger charge is -2.29. The Morgan fingerprint density at radius 1 is 1.07 bits per heavy atom. The van der Waals surface area contributed by atoms with Crippen LogP contribution in [-0.2, 0) is 16.1 Å². The van der Waals surface area contributed by atoms with Gasteiger partial charge in [0.25, 0.3) is 0 Å². The molecule has 0 radical (unpaired) electrons. The molecule has 0 aliphatic heterocycles. The molecule has 0 fully saturated rings. The van der Waals surface area contributed by atoms with E-state index in [1.54, 1.807) is 41.8 Å². The summed E-state index contributed by atoms with van der Waals surface area (Å²) in [4.78, 5) is 28.2. The zero-order valence-electron chi connectivity index (χ0n) is 16.7. The Labute approximate surface area is 187 Å². The van der Waals surface area contributed by atoms with E-state index in [0.29, 0.717) is 34.3 Å². The number of hydrogen-bond acceptors (Lipinski definition) is 3. The van der Waals surface area contributed by atoms with Crippen molar-refractivity contribution in [3.05, 3.63) is 64.1 Å². The van der Waals surface area contributed by atoms with Gasteiger partial charge in [-0.2, -0.15) is 0 Å². The van der Waals surface area contributed by atoms with Gasteiger partial charge in [0.15, 0.2) is 0 Å². The molecule has 0 heterocycles. The van der Waals surface area contributed by atoms with E-state index in [2.05, 4.69) is 5.32 Å². The quantitative estimate of drug-likeness (QED) is 0.489. The van der Waals surface area contributed by atoms with Gasteiger partial charge < -0.3 is 10.2 Å². The first-order valence-corrected chi connectivity index (χ1v) is 11.4. The average Bonchev–Trinajstić information content (AvgIpc) is 2.72. The molecule has 0 bridgehead atoms. The summed E-state index contributed by atoms with van der Waals surface area (Å²) in [6, 6.07) is 14.5. The highest BCUT2D eigenvalue weighted by Gasteiger charge is 2.27. The summed E-state index contributed by atoms with van der Waals surface area (Å²) in [7, 11) is 0. The third-order valence-corrected chi connectivity index (χ3v) is 6.16. The molecule has 0 unspecified atom stereocenters. The number of nitrogens with zero attached hydrogens (tertiary/aromatic N) is 1. The molecule has 0 saturated carbocycles. The van der Waals surface area contributed by atoms with Crippen LogP contribution in [0.1, 0.15) is 32.3 Å². The van der Waals surface area contributed by atoms with Gasteiger partial charge in [0.05, 0.1) is 0 Å². The van der Waals surface area contributed by atoms with E-state index >= 15 is 0 Å². The van der Waals surface area contributed by atoms with Gasteiger partial charge in [-0.25, -0.2) is 0 Å². The van der Waals surface area contributed by atoms with Crippen LogP contribution in [0.2, 0.25) is 10.0 Å². The second-order valence-electron chi connectivity index (χ2n) is 6.60. The van der Waals surface area contributed by atoms with Crippen molar-refractivity contribution in [3.8, 4) is 0 Å². The molecule has 0 aliphatic carbocycles. The van der Waals surface area contributed by atoms with Crippen LogP contribution in [-0.4, -0.2) is 35.1 Å². The van der Waals surface area contributed by atoms with E-state index in [9.17, 15) is 9.59 Å². The van der Waals surface area contributed by atoms with Gasteiger partial charge in [0.2, 0.25) is 11.8 Å². The Hall–Kier alpha value is -1.69. The van der Waals surface area contributed by atoms with Crippen molar-refractivity contribution in [2.45, 2.75) is 44.2 Å². The molecule has 0 saturated heterocycles. The van der Waals surface area contributed by atoms with Crippen LogP contribution >= 0.6 is 35.0 Å². The molecule has 2 aromatic carbocycles. The van der Waals surface area contributed by atoms with Crippen LogP contribution in [0.25, 0.3) is 0 Å². The molecular formula is C22H26Cl2N2O2S. The zero-order valence-corrected chi connectivity index (χ0v) is 19.0. The van der Waals surface area contributed by atoms with Crippen LogP contribution in [0.4, 0.5) is 0 Å². The minimum absolute atomic E-state index is 0.108. The first-order chi connectivity index (χ1) is 13.9. The average molecular weight is 453 g/mol. The van der Waals surface area contributed by atoms with Crippen molar-refractivity contribution in [2.24, 2.45) is 0 Å². The molecule has 1 atom stereocenters. The van der Waals surface area contributed by atoms with Crippen molar-refractivity contribution in [2.75, 3.05) is 12.3 Å². The number of carbonyl (C=O) groups excluding carboxylic acids is 2. The Morgan fingerprint density at radius 2 is 1.72 bits per heavy atom. The zero-order chi connectivity index (χ0) is 21.2. The highest BCUT2D eigenvalue weighted by Crippen LogP contribution is 2.27. The number of amides is 2. The van der Waals surface area contributed by atoms with Gasteiger partial charge in [0, 0.05) is 45.8 Å². The number of rotatable bonds is 10. The van der Waals surface area contributed by atoms with Crippen LogP contribution in [0, 0.1) is 0 Å². The van der Waals surface area contributed by atoms with Crippen LogP contribution in [0.3, 0.4) is 0 Å². The maximum atomic E-state index is 13.0. The van der Waals surface area contributed by atoms with Crippen molar-refractivity contribution < 1.29 is 9.59 Å². The molecule has 4 nitrogen and oxygen atoms in total. The summed E-state index contributed by atoms with van der Waals surface area (Å²) >= 11 is 14.2. The fourth-order valence-electron chi connectivity index (χ4n) is 2.75. The predicted octanol–water partition coefficient (Wildman–Crippen LogP) is 5.42. The van der Waals surface area contributed by atoms with Crippen LogP contribution in [0.15, 0.2) is 53.4 Å². The molecule has 29 heavy (non-hydrogen) atoms. The molecule has 0 aromatic heterocycles. The fourth-order valence-corrected chi connectivity index (χ4v) is 4.13. The van der Waals surface area contributed by atoms with Gasteiger partial charge in [-0.15, -0.1) is 11.8 Å². The number of nitrogens with one attached hydrogen (secondary N) is 1. The summed E-state index contributed by atoms with van der Waals surface area (Å²) in [5.74, 6) is 0.335. The largest absolute Gasteiger partial charge is 0.354 e.